The zero-order valence-corrected chi connectivity index (χ0v) is 18.7. The van der Waals surface area contributed by atoms with Crippen molar-refractivity contribution in [2.75, 3.05) is 11.9 Å². The van der Waals surface area contributed by atoms with E-state index >= 15 is 0 Å². The fourth-order valence-corrected chi connectivity index (χ4v) is 4.59. The number of nitrogens with zero attached hydrogens (tertiary/aromatic N) is 2. The molecule has 168 valence electrons. The molecule has 0 fully saturated rings. The van der Waals surface area contributed by atoms with Crippen molar-refractivity contribution in [1.82, 2.24) is 15.1 Å². The zero-order valence-electron chi connectivity index (χ0n) is 18.7. The number of hydrogen-bond acceptors (Lipinski definition) is 4. The number of aliphatic hydroxyl groups excluding tert-OH is 2. The Labute approximate surface area is 188 Å². The quantitative estimate of drug-likeness (QED) is 0.493. The van der Waals surface area contributed by atoms with Gasteiger partial charge in [-0.1, -0.05) is 56.3 Å². The average molecular weight is 435 g/mol. The molecule has 32 heavy (non-hydrogen) atoms. The number of carbonyl (C=O) groups excluding carboxylic acids is 1. The lowest BCUT2D eigenvalue weighted by molar-refractivity contribution is 0.0883. The van der Waals surface area contributed by atoms with E-state index in [4.69, 9.17) is 0 Å². The third-order valence-corrected chi connectivity index (χ3v) is 6.22. The summed E-state index contributed by atoms with van der Waals surface area (Å²) in [5, 5.41) is 30.7. The number of urea groups is 1. The number of para-hydroxylation sites is 1. The van der Waals surface area contributed by atoms with Gasteiger partial charge in [-0.15, -0.1) is 0 Å². The molecule has 0 aliphatic heterocycles. The SMILES string of the molecule is Cc1c(CCO)nn(-c2ccccc2)c1NC(=O)N[C@@H]1c2ccccc2C(C)(C)CC1O. The van der Waals surface area contributed by atoms with Crippen LogP contribution in [0.4, 0.5) is 10.6 Å². The van der Waals surface area contributed by atoms with Gasteiger partial charge in [-0.05, 0) is 42.0 Å². The Morgan fingerprint density at radius 1 is 1.16 bits per heavy atom. The summed E-state index contributed by atoms with van der Waals surface area (Å²) in [6.45, 7) is 6.06. The second-order valence-electron chi connectivity index (χ2n) is 8.96. The lowest BCUT2D eigenvalue weighted by atomic mass is 9.70. The zero-order chi connectivity index (χ0) is 22.9. The topological polar surface area (TPSA) is 99.4 Å². The monoisotopic (exact) mass is 434 g/mol. The number of nitrogens with one attached hydrogen (secondary N) is 2. The number of anilines is 1. The van der Waals surface area contributed by atoms with Gasteiger partial charge in [0, 0.05) is 18.6 Å². The molecular weight excluding hydrogens is 404 g/mol. The van der Waals surface area contributed by atoms with Gasteiger partial charge in [-0.25, -0.2) is 9.48 Å². The van der Waals surface area contributed by atoms with E-state index in [9.17, 15) is 15.0 Å². The Balaban J connectivity index is 1.62. The predicted octanol–water partition coefficient (Wildman–Crippen LogP) is 3.62. The van der Waals surface area contributed by atoms with Crippen molar-refractivity contribution in [2.45, 2.75) is 51.2 Å². The molecule has 4 rings (SSSR count). The fraction of sp³-hybridized carbons (Fsp3) is 0.360. The van der Waals surface area contributed by atoms with E-state index in [1.165, 1.54) is 0 Å². The largest absolute Gasteiger partial charge is 0.396 e. The highest BCUT2D eigenvalue weighted by Crippen LogP contribution is 2.41. The minimum Gasteiger partial charge on any atom is -0.396 e. The van der Waals surface area contributed by atoms with Crippen LogP contribution in [0.5, 0.6) is 0 Å². The first-order valence-electron chi connectivity index (χ1n) is 10.9. The molecule has 2 amide bonds. The van der Waals surface area contributed by atoms with E-state index in [1.807, 2.05) is 55.5 Å². The van der Waals surface area contributed by atoms with Gasteiger partial charge in [-0.2, -0.15) is 5.10 Å². The van der Waals surface area contributed by atoms with Crippen LogP contribution in [0.3, 0.4) is 0 Å². The Kier molecular flexibility index (Phi) is 6.04. The molecule has 3 aromatic rings. The molecule has 1 heterocycles. The molecule has 0 bridgehead atoms. The molecule has 1 aliphatic rings. The van der Waals surface area contributed by atoms with Crippen molar-refractivity contribution in [3.63, 3.8) is 0 Å². The molecule has 4 N–H and O–H groups in total. The van der Waals surface area contributed by atoms with Crippen LogP contribution in [0.15, 0.2) is 54.6 Å². The number of fused-ring (bicyclic) bond motifs is 1. The van der Waals surface area contributed by atoms with E-state index in [0.717, 1.165) is 28.1 Å². The van der Waals surface area contributed by atoms with E-state index in [-0.39, 0.29) is 12.0 Å². The van der Waals surface area contributed by atoms with Gasteiger partial charge in [0.1, 0.15) is 5.82 Å². The van der Waals surface area contributed by atoms with Gasteiger partial charge >= 0.3 is 6.03 Å². The highest BCUT2D eigenvalue weighted by atomic mass is 16.3. The summed E-state index contributed by atoms with van der Waals surface area (Å²) in [5.41, 5.74) is 4.21. The molecule has 7 nitrogen and oxygen atoms in total. The summed E-state index contributed by atoms with van der Waals surface area (Å²) in [4.78, 5) is 13.1. The van der Waals surface area contributed by atoms with Crippen LogP contribution in [-0.4, -0.2) is 38.7 Å². The number of hydrogen-bond donors (Lipinski definition) is 4. The maximum Gasteiger partial charge on any atom is 0.320 e. The minimum atomic E-state index is -0.698. The number of rotatable bonds is 5. The fourth-order valence-electron chi connectivity index (χ4n) is 4.59. The predicted molar refractivity (Wildman–Crippen MR) is 124 cm³/mol. The summed E-state index contributed by atoms with van der Waals surface area (Å²) < 4.78 is 1.67. The van der Waals surface area contributed by atoms with E-state index in [1.54, 1.807) is 4.68 Å². The van der Waals surface area contributed by atoms with Crippen molar-refractivity contribution < 1.29 is 15.0 Å². The molecule has 1 aromatic heterocycles. The van der Waals surface area contributed by atoms with Crippen LogP contribution >= 0.6 is 0 Å². The second-order valence-corrected chi connectivity index (χ2v) is 8.96. The van der Waals surface area contributed by atoms with E-state index in [2.05, 4.69) is 35.6 Å². The lowest BCUT2D eigenvalue weighted by Gasteiger charge is -2.40. The van der Waals surface area contributed by atoms with Crippen LogP contribution in [0.1, 0.15) is 48.7 Å². The van der Waals surface area contributed by atoms with Crippen molar-refractivity contribution in [3.05, 3.63) is 77.0 Å². The summed E-state index contributed by atoms with van der Waals surface area (Å²) in [7, 11) is 0. The molecule has 7 heteroatoms. The van der Waals surface area contributed by atoms with Gasteiger partial charge in [0.2, 0.25) is 0 Å². The van der Waals surface area contributed by atoms with E-state index in [0.29, 0.717) is 18.7 Å². The molecule has 0 saturated heterocycles. The molecule has 2 aromatic carbocycles. The third kappa shape index (κ3) is 4.13. The Hall–Kier alpha value is -3.16. The molecular formula is C25H30N4O3. The number of aromatic nitrogens is 2. The van der Waals surface area contributed by atoms with Gasteiger partial charge < -0.3 is 15.5 Å². The molecule has 0 radical (unpaired) electrons. The maximum absolute atomic E-state index is 13.1. The Morgan fingerprint density at radius 2 is 1.84 bits per heavy atom. The van der Waals surface area contributed by atoms with Crippen LogP contribution in [0.25, 0.3) is 5.69 Å². The number of carbonyl (C=O) groups is 1. The molecule has 2 atom stereocenters. The van der Waals surface area contributed by atoms with Crippen LogP contribution < -0.4 is 10.6 Å². The van der Waals surface area contributed by atoms with Gasteiger partial charge in [0.25, 0.3) is 0 Å². The smallest absolute Gasteiger partial charge is 0.320 e. The number of benzene rings is 2. The first-order valence-corrected chi connectivity index (χ1v) is 10.9. The van der Waals surface area contributed by atoms with Crippen LogP contribution in [0.2, 0.25) is 0 Å². The summed E-state index contributed by atoms with van der Waals surface area (Å²) in [5.74, 6) is 0.538. The minimum absolute atomic E-state index is 0.0287. The summed E-state index contributed by atoms with van der Waals surface area (Å²) in [6, 6.07) is 16.5. The first-order chi connectivity index (χ1) is 15.3. The highest BCUT2D eigenvalue weighted by molar-refractivity contribution is 5.90. The summed E-state index contributed by atoms with van der Waals surface area (Å²) >= 11 is 0. The Bertz CT molecular complexity index is 1110. The van der Waals surface area contributed by atoms with Crippen molar-refractivity contribution in [2.24, 2.45) is 0 Å². The average Bonchev–Trinajstić information content (AvgIpc) is 3.07. The molecule has 0 spiro atoms. The van der Waals surface area contributed by atoms with Gasteiger partial charge in [-0.3, -0.25) is 5.32 Å². The normalized spacial score (nSPS) is 19.3. The lowest BCUT2D eigenvalue weighted by Crippen LogP contribution is -2.45. The standard InChI is InChI=1S/C25H30N4O3/c1-16-20(13-14-30)28-29(17-9-5-4-6-10-17)23(16)27-24(32)26-22-18-11-7-8-12-19(18)25(2,3)15-21(22)31/h4-12,21-22,30-31H,13-15H2,1-3H3,(H2,26,27,32)/t21?,22-/m1/s1. The van der Waals surface area contributed by atoms with Crippen LogP contribution in [-0.2, 0) is 11.8 Å². The van der Waals surface area contributed by atoms with Gasteiger partial charge in [0.15, 0.2) is 0 Å². The van der Waals surface area contributed by atoms with Crippen molar-refractivity contribution >= 4 is 11.8 Å². The van der Waals surface area contributed by atoms with Gasteiger partial charge in [0.05, 0.1) is 23.5 Å². The Morgan fingerprint density at radius 3 is 2.56 bits per heavy atom. The van der Waals surface area contributed by atoms with Crippen molar-refractivity contribution in [1.29, 1.82) is 0 Å². The second kappa shape index (κ2) is 8.76. The highest BCUT2D eigenvalue weighted by Gasteiger charge is 2.39. The maximum atomic E-state index is 13.1. The van der Waals surface area contributed by atoms with Crippen LogP contribution in [0, 0.1) is 6.92 Å². The number of amides is 2. The van der Waals surface area contributed by atoms with Crippen molar-refractivity contribution in [3.8, 4) is 5.69 Å². The third-order valence-electron chi connectivity index (χ3n) is 6.22. The molecule has 1 aliphatic carbocycles. The first kappa shape index (κ1) is 22.0. The molecule has 1 unspecified atom stereocenters. The number of aliphatic hydroxyl groups is 2. The van der Waals surface area contributed by atoms with E-state index < -0.39 is 18.2 Å². The molecule has 0 saturated carbocycles. The summed E-state index contributed by atoms with van der Waals surface area (Å²) in [6.07, 6.45) is 0.248.